The molecule has 0 aliphatic heterocycles. The second-order valence-corrected chi connectivity index (χ2v) is 5.30. The number of nitrogens with two attached hydrogens (primary N) is 1. The summed E-state index contributed by atoms with van der Waals surface area (Å²) in [6, 6.07) is 8.43. The van der Waals surface area contributed by atoms with Crippen molar-refractivity contribution >= 4 is 15.9 Å². The first kappa shape index (κ1) is 14.7. The molecule has 0 spiro atoms. The van der Waals surface area contributed by atoms with Crippen molar-refractivity contribution in [3.05, 3.63) is 34.3 Å². The average Bonchev–Trinajstić information content (AvgIpc) is 2.34. The Labute approximate surface area is 113 Å². The van der Waals surface area contributed by atoms with Crippen LogP contribution in [0.3, 0.4) is 0 Å². The minimum absolute atomic E-state index is 0.137. The lowest BCUT2D eigenvalue weighted by Gasteiger charge is -2.21. The van der Waals surface area contributed by atoms with Gasteiger partial charge in [-0.3, -0.25) is 0 Å². The monoisotopic (exact) mass is 298 g/mol. The van der Waals surface area contributed by atoms with Crippen molar-refractivity contribution in [3.8, 4) is 0 Å². The quantitative estimate of drug-likeness (QED) is 0.834. The molecular weight excluding hydrogens is 276 g/mol. The summed E-state index contributed by atoms with van der Waals surface area (Å²) in [4.78, 5) is 2.46. The highest BCUT2D eigenvalue weighted by Crippen LogP contribution is 2.19. The van der Waals surface area contributed by atoms with Gasteiger partial charge in [0.2, 0.25) is 0 Å². The van der Waals surface area contributed by atoms with Crippen LogP contribution in [-0.4, -0.2) is 24.5 Å². The van der Waals surface area contributed by atoms with Crippen molar-refractivity contribution < 1.29 is 0 Å². The van der Waals surface area contributed by atoms with E-state index in [0.717, 1.165) is 24.0 Å². The number of nitrogens with zero attached hydrogens (tertiary/aromatic N) is 1. The third-order valence-electron chi connectivity index (χ3n) is 3.02. The number of halogens is 1. The molecule has 0 aliphatic carbocycles. The summed E-state index contributed by atoms with van der Waals surface area (Å²) in [5, 5.41) is 0. The molecule has 0 saturated carbocycles. The van der Waals surface area contributed by atoms with Gasteiger partial charge in [0.05, 0.1) is 0 Å². The summed E-state index contributed by atoms with van der Waals surface area (Å²) in [5.74, 6) is 0. The Bertz CT molecular complexity index is 328. The van der Waals surface area contributed by atoms with Crippen molar-refractivity contribution in [1.29, 1.82) is 0 Å². The Morgan fingerprint density at radius 3 is 2.65 bits per heavy atom. The van der Waals surface area contributed by atoms with Gasteiger partial charge in [-0.05, 0) is 50.2 Å². The number of benzene rings is 1. The van der Waals surface area contributed by atoms with Crippen LogP contribution in [0.4, 0.5) is 0 Å². The van der Waals surface area contributed by atoms with E-state index >= 15 is 0 Å². The maximum Gasteiger partial charge on any atom is 0.0307 e. The maximum absolute atomic E-state index is 6.22. The van der Waals surface area contributed by atoms with E-state index in [1.165, 1.54) is 18.5 Å². The van der Waals surface area contributed by atoms with Crippen LogP contribution < -0.4 is 5.73 Å². The summed E-state index contributed by atoms with van der Waals surface area (Å²) >= 11 is 3.48. The lowest BCUT2D eigenvalue weighted by Crippen LogP contribution is -2.28. The van der Waals surface area contributed by atoms with Gasteiger partial charge < -0.3 is 10.6 Å². The topological polar surface area (TPSA) is 29.3 Å². The van der Waals surface area contributed by atoms with Crippen LogP contribution in [0.1, 0.15) is 38.3 Å². The molecule has 0 amide bonds. The zero-order valence-corrected chi connectivity index (χ0v) is 12.4. The van der Waals surface area contributed by atoms with Crippen LogP contribution in [0.2, 0.25) is 0 Å². The Kier molecular flexibility index (Phi) is 6.78. The molecule has 0 fully saturated rings. The van der Waals surface area contributed by atoms with Crippen LogP contribution in [-0.2, 0) is 0 Å². The molecule has 17 heavy (non-hydrogen) atoms. The van der Waals surface area contributed by atoms with Crippen molar-refractivity contribution in [2.45, 2.75) is 32.7 Å². The van der Waals surface area contributed by atoms with E-state index in [9.17, 15) is 0 Å². The van der Waals surface area contributed by atoms with E-state index in [1.807, 2.05) is 12.1 Å². The third-order valence-corrected chi connectivity index (χ3v) is 3.51. The third kappa shape index (κ3) is 5.19. The summed E-state index contributed by atoms with van der Waals surface area (Å²) in [5.41, 5.74) is 7.43. The lowest BCUT2D eigenvalue weighted by atomic mass is 10.0. The number of hydrogen-bond donors (Lipinski definition) is 1. The molecule has 1 aromatic rings. The fourth-order valence-electron chi connectivity index (χ4n) is 1.97. The molecule has 3 heteroatoms. The number of hydrogen-bond acceptors (Lipinski definition) is 2. The summed E-state index contributed by atoms with van der Waals surface area (Å²) in [7, 11) is 0. The molecule has 0 saturated heterocycles. The van der Waals surface area contributed by atoms with E-state index in [4.69, 9.17) is 5.73 Å². The molecule has 1 unspecified atom stereocenters. The van der Waals surface area contributed by atoms with Gasteiger partial charge >= 0.3 is 0 Å². The van der Waals surface area contributed by atoms with Gasteiger partial charge in [0.15, 0.2) is 0 Å². The predicted molar refractivity (Wildman–Crippen MR) is 78.1 cm³/mol. The molecule has 2 nitrogen and oxygen atoms in total. The normalized spacial score (nSPS) is 13.0. The molecule has 0 bridgehead atoms. The van der Waals surface area contributed by atoms with Crippen LogP contribution in [0.25, 0.3) is 0 Å². The number of rotatable bonds is 7. The Morgan fingerprint density at radius 1 is 1.29 bits per heavy atom. The molecule has 1 aromatic carbocycles. The highest BCUT2D eigenvalue weighted by atomic mass is 79.9. The van der Waals surface area contributed by atoms with Gasteiger partial charge in [-0.2, -0.15) is 0 Å². The SMILES string of the molecule is CCCN(CC)CCC(N)c1cccc(Br)c1. The van der Waals surface area contributed by atoms with Gasteiger partial charge in [0.1, 0.15) is 0 Å². The van der Waals surface area contributed by atoms with E-state index in [2.05, 4.69) is 46.8 Å². The van der Waals surface area contributed by atoms with E-state index in [-0.39, 0.29) is 6.04 Å². The van der Waals surface area contributed by atoms with Crippen LogP contribution >= 0.6 is 15.9 Å². The molecule has 1 rings (SSSR count). The standard InChI is InChI=1S/C14H23BrN2/c1-3-9-17(4-2)10-8-14(16)12-6-5-7-13(15)11-12/h5-7,11,14H,3-4,8-10,16H2,1-2H3. The Morgan fingerprint density at radius 2 is 2.06 bits per heavy atom. The van der Waals surface area contributed by atoms with Gasteiger partial charge in [-0.1, -0.05) is 41.9 Å². The van der Waals surface area contributed by atoms with Crippen LogP contribution in [0.5, 0.6) is 0 Å². The zero-order chi connectivity index (χ0) is 12.7. The minimum atomic E-state index is 0.137. The van der Waals surface area contributed by atoms with E-state index in [1.54, 1.807) is 0 Å². The highest BCUT2D eigenvalue weighted by molar-refractivity contribution is 9.10. The molecule has 0 aromatic heterocycles. The fraction of sp³-hybridized carbons (Fsp3) is 0.571. The average molecular weight is 299 g/mol. The Balaban J connectivity index is 2.46. The summed E-state index contributed by atoms with van der Waals surface area (Å²) in [6.07, 6.45) is 2.23. The summed E-state index contributed by atoms with van der Waals surface area (Å²) < 4.78 is 1.10. The van der Waals surface area contributed by atoms with Gasteiger partial charge in [0.25, 0.3) is 0 Å². The second-order valence-electron chi connectivity index (χ2n) is 4.38. The Hall–Kier alpha value is -0.380. The molecule has 0 aliphatic rings. The second kappa shape index (κ2) is 7.85. The molecule has 0 radical (unpaired) electrons. The first-order chi connectivity index (χ1) is 8.17. The predicted octanol–water partition coefficient (Wildman–Crippen LogP) is 3.57. The van der Waals surface area contributed by atoms with Crippen molar-refractivity contribution in [2.24, 2.45) is 5.73 Å². The van der Waals surface area contributed by atoms with Crippen LogP contribution in [0.15, 0.2) is 28.7 Å². The fourth-order valence-corrected chi connectivity index (χ4v) is 2.39. The minimum Gasteiger partial charge on any atom is -0.324 e. The van der Waals surface area contributed by atoms with E-state index in [0.29, 0.717) is 0 Å². The van der Waals surface area contributed by atoms with Gasteiger partial charge in [-0.15, -0.1) is 0 Å². The molecule has 96 valence electrons. The van der Waals surface area contributed by atoms with Crippen LogP contribution in [0, 0.1) is 0 Å². The smallest absolute Gasteiger partial charge is 0.0307 e. The largest absolute Gasteiger partial charge is 0.324 e. The first-order valence-electron chi connectivity index (χ1n) is 6.40. The van der Waals surface area contributed by atoms with Gasteiger partial charge in [0, 0.05) is 10.5 Å². The molecule has 0 heterocycles. The summed E-state index contributed by atoms with van der Waals surface area (Å²) in [6.45, 7) is 7.79. The van der Waals surface area contributed by atoms with Crippen molar-refractivity contribution in [3.63, 3.8) is 0 Å². The van der Waals surface area contributed by atoms with Crippen molar-refractivity contribution in [2.75, 3.05) is 19.6 Å². The molecule has 2 N–H and O–H groups in total. The zero-order valence-electron chi connectivity index (χ0n) is 10.8. The molecular formula is C14H23BrN2. The van der Waals surface area contributed by atoms with Crippen molar-refractivity contribution in [1.82, 2.24) is 4.90 Å². The molecule has 1 atom stereocenters. The highest BCUT2D eigenvalue weighted by Gasteiger charge is 2.08. The first-order valence-corrected chi connectivity index (χ1v) is 7.20. The maximum atomic E-state index is 6.22. The van der Waals surface area contributed by atoms with E-state index < -0.39 is 0 Å². The van der Waals surface area contributed by atoms with Gasteiger partial charge in [-0.25, -0.2) is 0 Å². The lowest BCUT2D eigenvalue weighted by molar-refractivity contribution is 0.277.